The molecule has 2 unspecified atom stereocenters. The Morgan fingerprint density at radius 2 is 1.85 bits per heavy atom. The van der Waals surface area contributed by atoms with Crippen LogP contribution in [0.2, 0.25) is 0 Å². The monoisotopic (exact) mass is 274 g/mol. The molecule has 3 nitrogen and oxygen atoms in total. The molecule has 2 heterocycles. The highest BCUT2D eigenvalue weighted by atomic mass is 16.3. The van der Waals surface area contributed by atoms with E-state index in [2.05, 4.69) is 41.1 Å². The first-order chi connectivity index (χ1) is 9.69. The normalized spacial score (nSPS) is 28.4. The lowest BCUT2D eigenvalue weighted by Gasteiger charge is -2.27. The van der Waals surface area contributed by atoms with Crippen LogP contribution in [0.3, 0.4) is 0 Å². The Balaban J connectivity index is 1.73. The zero-order valence-electron chi connectivity index (χ0n) is 12.6. The van der Waals surface area contributed by atoms with Crippen molar-refractivity contribution in [3.63, 3.8) is 0 Å². The molecule has 1 aromatic rings. The number of fused-ring (bicyclic) bond motifs is 2. The molecule has 1 aromatic carbocycles. The van der Waals surface area contributed by atoms with E-state index in [-0.39, 0.29) is 6.10 Å². The van der Waals surface area contributed by atoms with Crippen LogP contribution in [0.15, 0.2) is 24.3 Å². The lowest BCUT2D eigenvalue weighted by atomic mass is 10.1. The summed E-state index contributed by atoms with van der Waals surface area (Å²) in [6, 6.07) is 10.0. The van der Waals surface area contributed by atoms with Crippen molar-refractivity contribution in [1.29, 1.82) is 0 Å². The number of anilines is 1. The molecule has 3 atom stereocenters. The molecule has 2 fully saturated rings. The first-order valence-corrected chi connectivity index (χ1v) is 7.94. The van der Waals surface area contributed by atoms with Gasteiger partial charge in [-0.05, 0) is 50.4 Å². The number of aliphatic hydroxyl groups excluding tert-OH is 1. The van der Waals surface area contributed by atoms with Gasteiger partial charge in [0.2, 0.25) is 0 Å². The SMILES string of the molecule is CC[C@H](O)c1ccc(N2CCC3CCC(C2)N3C)cc1. The predicted octanol–water partition coefficient (Wildman–Crippen LogP) is 2.80. The summed E-state index contributed by atoms with van der Waals surface area (Å²) >= 11 is 0. The van der Waals surface area contributed by atoms with Crippen molar-refractivity contribution in [2.45, 2.75) is 50.8 Å². The number of benzene rings is 1. The second-order valence-electron chi connectivity index (χ2n) is 6.30. The molecule has 0 aliphatic carbocycles. The van der Waals surface area contributed by atoms with Crippen LogP contribution in [0.5, 0.6) is 0 Å². The van der Waals surface area contributed by atoms with Gasteiger partial charge in [0.05, 0.1) is 6.10 Å². The van der Waals surface area contributed by atoms with Crippen LogP contribution in [-0.2, 0) is 0 Å². The first kappa shape index (κ1) is 13.9. The maximum atomic E-state index is 9.88. The van der Waals surface area contributed by atoms with Crippen molar-refractivity contribution in [3.8, 4) is 0 Å². The van der Waals surface area contributed by atoms with Crippen LogP contribution in [0, 0.1) is 0 Å². The molecule has 2 bridgehead atoms. The van der Waals surface area contributed by atoms with E-state index in [9.17, 15) is 5.11 Å². The molecular weight excluding hydrogens is 248 g/mol. The maximum absolute atomic E-state index is 9.88. The fraction of sp³-hybridized carbons (Fsp3) is 0.647. The van der Waals surface area contributed by atoms with Gasteiger partial charge in [0.15, 0.2) is 0 Å². The van der Waals surface area contributed by atoms with Gasteiger partial charge in [0, 0.05) is 30.9 Å². The molecule has 20 heavy (non-hydrogen) atoms. The molecule has 1 N–H and O–H groups in total. The summed E-state index contributed by atoms with van der Waals surface area (Å²) in [4.78, 5) is 5.09. The molecule has 110 valence electrons. The van der Waals surface area contributed by atoms with Crippen molar-refractivity contribution >= 4 is 5.69 Å². The quantitative estimate of drug-likeness (QED) is 0.918. The molecule has 2 aliphatic rings. The smallest absolute Gasteiger partial charge is 0.0787 e. The topological polar surface area (TPSA) is 26.7 Å². The van der Waals surface area contributed by atoms with E-state index in [1.165, 1.54) is 24.9 Å². The van der Waals surface area contributed by atoms with E-state index in [1.807, 2.05) is 6.92 Å². The average Bonchev–Trinajstić information content (AvgIpc) is 2.72. The van der Waals surface area contributed by atoms with Gasteiger partial charge in [-0.15, -0.1) is 0 Å². The van der Waals surface area contributed by atoms with Crippen molar-refractivity contribution in [1.82, 2.24) is 4.90 Å². The average molecular weight is 274 g/mol. The zero-order valence-corrected chi connectivity index (χ0v) is 12.6. The van der Waals surface area contributed by atoms with E-state index in [0.717, 1.165) is 31.1 Å². The molecular formula is C17H26N2O. The summed E-state index contributed by atoms with van der Waals surface area (Å²) in [7, 11) is 2.28. The van der Waals surface area contributed by atoms with Crippen LogP contribution in [0.4, 0.5) is 5.69 Å². The number of hydrogen-bond acceptors (Lipinski definition) is 3. The minimum Gasteiger partial charge on any atom is -0.388 e. The van der Waals surface area contributed by atoms with Crippen molar-refractivity contribution < 1.29 is 5.11 Å². The maximum Gasteiger partial charge on any atom is 0.0787 e. The highest BCUT2D eigenvalue weighted by Gasteiger charge is 2.34. The molecule has 3 heteroatoms. The van der Waals surface area contributed by atoms with Gasteiger partial charge in [0.25, 0.3) is 0 Å². The fourth-order valence-electron chi connectivity index (χ4n) is 3.69. The fourth-order valence-corrected chi connectivity index (χ4v) is 3.69. The van der Waals surface area contributed by atoms with E-state index >= 15 is 0 Å². The van der Waals surface area contributed by atoms with Crippen molar-refractivity contribution in [2.75, 3.05) is 25.0 Å². The largest absolute Gasteiger partial charge is 0.388 e. The Morgan fingerprint density at radius 3 is 2.55 bits per heavy atom. The summed E-state index contributed by atoms with van der Waals surface area (Å²) < 4.78 is 0. The van der Waals surface area contributed by atoms with E-state index in [0.29, 0.717) is 6.04 Å². The standard InChI is InChI=1S/C17H26N2O/c1-3-17(20)13-4-6-15(7-5-13)19-11-10-14-8-9-16(12-19)18(14)2/h4-7,14,16-17,20H,3,8-12H2,1-2H3/t14?,16?,17-/m0/s1. The summed E-state index contributed by atoms with van der Waals surface area (Å²) in [5.41, 5.74) is 2.34. The van der Waals surface area contributed by atoms with Crippen LogP contribution >= 0.6 is 0 Å². The highest BCUT2D eigenvalue weighted by molar-refractivity contribution is 5.48. The molecule has 2 saturated heterocycles. The number of rotatable bonds is 3. The summed E-state index contributed by atoms with van der Waals surface area (Å²) in [6.07, 6.45) is 4.43. The number of hydrogen-bond donors (Lipinski definition) is 1. The summed E-state index contributed by atoms with van der Waals surface area (Å²) in [6.45, 7) is 4.31. The Hall–Kier alpha value is -1.06. The molecule has 0 saturated carbocycles. The van der Waals surface area contributed by atoms with Crippen LogP contribution in [0.1, 0.15) is 44.3 Å². The third kappa shape index (κ3) is 2.57. The van der Waals surface area contributed by atoms with E-state index < -0.39 is 0 Å². The molecule has 2 aliphatic heterocycles. The van der Waals surface area contributed by atoms with Gasteiger partial charge < -0.3 is 10.0 Å². The first-order valence-electron chi connectivity index (χ1n) is 7.94. The Morgan fingerprint density at radius 1 is 1.15 bits per heavy atom. The predicted molar refractivity (Wildman–Crippen MR) is 83.1 cm³/mol. The lowest BCUT2D eigenvalue weighted by Crippen LogP contribution is -2.36. The van der Waals surface area contributed by atoms with Crippen LogP contribution in [0.25, 0.3) is 0 Å². The lowest BCUT2D eigenvalue weighted by molar-refractivity contribution is 0.173. The van der Waals surface area contributed by atoms with Crippen LogP contribution in [-0.4, -0.2) is 42.2 Å². The van der Waals surface area contributed by atoms with Gasteiger partial charge >= 0.3 is 0 Å². The summed E-state index contributed by atoms with van der Waals surface area (Å²) in [5, 5.41) is 9.88. The van der Waals surface area contributed by atoms with Crippen molar-refractivity contribution in [3.05, 3.63) is 29.8 Å². The van der Waals surface area contributed by atoms with Gasteiger partial charge in [-0.2, -0.15) is 0 Å². The Bertz CT molecular complexity index is 445. The molecule has 0 aromatic heterocycles. The zero-order chi connectivity index (χ0) is 14.1. The minimum absolute atomic E-state index is 0.324. The van der Waals surface area contributed by atoms with Crippen LogP contribution < -0.4 is 4.90 Å². The molecule has 0 spiro atoms. The van der Waals surface area contributed by atoms with Gasteiger partial charge in [-0.1, -0.05) is 19.1 Å². The Kier molecular flexibility index (Phi) is 3.99. The van der Waals surface area contributed by atoms with Crippen molar-refractivity contribution in [2.24, 2.45) is 0 Å². The minimum atomic E-state index is -0.324. The van der Waals surface area contributed by atoms with Gasteiger partial charge in [-0.25, -0.2) is 0 Å². The van der Waals surface area contributed by atoms with Gasteiger partial charge in [-0.3, -0.25) is 4.90 Å². The number of nitrogens with zero attached hydrogens (tertiary/aromatic N) is 2. The van der Waals surface area contributed by atoms with E-state index in [1.54, 1.807) is 0 Å². The molecule has 0 amide bonds. The third-order valence-corrected chi connectivity index (χ3v) is 5.18. The van der Waals surface area contributed by atoms with Gasteiger partial charge in [0.1, 0.15) is 0 Å². The molecule has 3 rings (SSSR count). The number of likely N-dealkylation sites (N-methyl/N-ethyl adjacent to an activating group) is 1. The number of aliphatic hydroxyl groups is 1. The third-order valence-electron chi connectivity index (χ3n) is 5.18. The van der Waals surface area contributed by atoms with E-state index in [4.69, 9.17) is 0 Å². The highest BCUT2D eigenvalue weighted by Crippen LogP contribution is 2.31. The second kappa shape index (κ2) is 5.74. The second-order valence-corrected chi connectivity index (χ2v) is 6.30. The summed E-state index contributed by atoms with van der Waals surface area (Å²) in [5.74, 6) is 0. The Labute approximate surface area is 122 Å². The molecule has 0 radical (unpaired) electrons.